The third-order valence-corrected chi connectivity index (χ3v) is 8.38. The van der Waals surface area contributed by atoms with Gasteiger partial charge in [-0.05, 0) is 95.0 Å². The van der Waals surface area contributed by atoms with Gasteiger partial charge in [0.15, 0.2) is 8.32 Å². The maximum absolute atomic E-state index is 12.4. The van der Waals surface area contributed by atoms with Crippen LogP contribution >= 0.6 is 0 Å². The average molecular weight is 413 g/mol. The Morgan fingerprint density at radius 3 is 2.69 bits per heavy atom. The number of hydrogen-bond acceptors (Lipinski definition) is 2. The van der Waals surface area contributed by atoms with E-state index in [4.69, 9.17) is 4.43 Å². The first kappa shape index (κ1) is 22.5. The highest BCUT2D eigenvalue weighted by molar-refractivity contribution is 6.69. The van der Waals surface area contributed by atoms with Crippen LogP contribution in [-0.2, 0) is 21.2 Å². The minimum atomic E-state index is -1.62. The van der Waals surface area contributed by atoms with Crippen molar-refractivity contribution in [3.05, 3.63) is 47.0 Å². The molecule has 1 aromatic rings. The molecule has 160 valence electrons. The monoisotopic (exact) mass is 412 g/mol. The van der Waals surface area contributed by atoms with Crippen LogP contribution in [-0.4, -0.2) is 14.1 Å². The molecule has 3 atom stereocenters. The number of allylic oxidation sites excluding steroid dienone is 2. The third kappa shape index (κ3) is 4.94. The van der Waals surface area contributed by atoms with Crippen LogP contribution in [0.1, 0.15) is 70.9 Å². The molecule has 2 aliphatic carbocycles. The van der Waals surface area contributed by atoms with Crippen molar-refractivity contribution in [3.8, 4) is 0 Å². The molecule has 3 heteroatoms. The molecule has 0 aliphatic heterocycles. The molecule has 0 unspecified atom stereocenters. The predicted molar refractivity (Wildman–Crippen MR) is 125 cm³/mol. The molecular formula is C26H40O2Si. The van der Waals surface area contributed by atoms with E-state index in [1.807, 2.05) is 0 Å². The van der Waals surface area contributed by atoms with Gasteiger partial charge in [-0.15, -0.1) is 0 Å². The number of benzene rings is 1. The van der Waals surface area contributed by atoms with E-state index in [1.54, 1.807) is 0 Å². The zero-order chi connectivity index (χ0) is 21.4. The minimum absolute atomic E-state index is 0.185. The van der Waals surface area contributed by atoms with Gasteiger partial charge in [-0.25, -0.2) is 0 Å². The number of Topliss-reactive ketones (excluding diaryl/α,β-unsaturated/α-hetero) is 1. The first-order chi connectivity index (χ1) is 13.4. The van der Waals surface area contributed by atoms with E-state index in [2.05, 4.69) is 77.7 Å². The van der Waals surface area contributed by atoms with Crippen LogP contribution in [0.3, 0.4) is 0 Å². The molecule has 0 amide bonds. The zero-order valence-corrected chi connectivity index (χ0v) is 20.6. The molecule has 0 bridgehead atoms. The largest absolute Gasteiger partial charge is 0.409 e. The summed E-state index contributed by atoms with van der Waals surface area (Å²) in [7, 11) is -1.62. The van der Waals surface area contributed by atoms with Gasteiger partial charge in [0.2, 0.25) is 0 Å². The SMILES string of the molecule is C/C(=C/Cc1cccc(C(C)(C)O[Si](C)(C)C)c1)[C@H]1CC[C@H]2C(=O)CCC[C@]12C. The maximum atomic E-state index is 12.4. The van der Waals surface area contributed by atoms with E-state index >= 15 is 0 Å². The molecule has 0 aromatic heterocycles. The molecule has 2 saturated carbocycles. The summed E-state index contributed by atoms with van der Waals surface area (Å²) in [5.41, 5.74) is 4.01. The van der Waals surface area contributed by atoms with Crippen molar-refractivity contribution in [2.45, 2.75) is 91.5 Å². The Hall–Kier alpha value is -1.19. The standard InChI is InChI=1S/C26H40O2Si/c1-19(22-15-16-23-24(27)12-9-17-26(22,23)4)13-14-20-10-8-11-21(18-20)25(2,3)28-29(5,6)7/h8,10-11,13,18,22-23H,9,12,14-17H2,1-7H3/b19-13-/t22-,23+,26-/m1/s1. The zero-order valence-electron chi connectivity index (χ0n) is 19.6. The molecular weight excluding hydrogens is 372 g/mol. The fourth-order valence-electron chi connectivity index (χ4n) is 6.00. The predicted octanol–water partition coefficient (Wildman–Crippen LogP) is 7.05. The Morgan fingerprint density at radius 2 is 2.00 bits per heavy atom. The molecule has 2 aliphatic rings. The Kier molecular flexibility index (Phi) is 6.32. The van der Waals surface area contributed by atoms with Gasteiger partial charge in [0.05, 0.1) is 5.60 Å². The highest BCUT2D eigenvalue weighted by Gasteiger charge is 2.51. The van der Waals surface area contributed by atoms with Crippen molar-refractivity contribution in [2.75, 3.05) is 0 Å². The van der Waals surface area contributed by atoms with Crippen molar-refractivity contribution in [3.63, 3.8) is 0 Å². The molecule has 29 heavy (non-hydrogen) atoms. The summed E-state index contributed by atoms with van der Waals surface area (Å²) in [4.78, 5) is 12.4. The highest BCUT2D eigenvalue weighted by atomic mass is 28.4. The van der Waals surface area contributed by atoms with Crippen LogP contribution in [0.15, 0.2) is 35.9 Å². The number of fused-ring (bicyclic) bond motifs is 1. The number of rotatable bonds is 6. The van der Waals surface area contributed by atoms with Gasteiger partial charge >= 0.3 is 0 Å². The van der Waals surface area contributed by atoms with Crippen molar-refractivity contribution >= 4 is 14.1 Å². The van der Waals surface area contributed by atoms with Gasteiger partial charge in [-0.1, -0.05) is 42.8 Å². The normalized spacial score (nSPS) is 28.5. The molecule has 0 N–H and O–H groups in total. The average Bonchev–Trinajstić information content (AvgIpc) is 2.96. The van der Waals surface area contributed by atoms with Gasteiger partial charge in [0.25, 0.3) is 0 Å². The molecule has 0 saturated heterocycles. The summed E-state index contributed by atoms with van der Waals surface area (Å²) in [5, 5.41) is 0. The molecule has 0 radical (unpaired) electrons. The summed E-state index contributed by atoms with van der Waals surface area (Å²) in [6, 6.07) is 8.89. The Balaban J connectivity index is 1.74. The van der Waals surface area contributed by atoms with E-state index in [1.165, 1.54) is 29.5 Å². The molecule has 2 nitrogen and oxygen atoms in total. The lowest BCUT2D eigenvalue weighted by Gasteiger charge is -2.40. The van der Waals surface area contributed by atoms with Crippen LogP contribution < -0.4 is 0 Å². The van der Waals surface area contributed by atoms with Gasteiger partial charge < -0.3 is 4.43 Å². The summed E-state index contributed by atoms with van der Waals surface area (Å²) in [6.07, 6.45) is 8.71. The summed E-state index contributed by atoms with van der Waals surface area (Å²) in [6.45, 7) is 15.8. The van der Waals surface area contributed by atoms with Crippen molar-refractivity contribution in [1.29, 1.82) is 0 Å². The summed E-state index contributed by atoms with van der Waals surface area (Å²) >= 11 is 0. The summed E-state index contributed by atoms with van der Waals surface area (Å²) < 4.78 is 6.45. The quantitative estimate of drug-likeness (QED) is 0.370. The second kappa shape index (κ2) is 8.15. The first-order valence-electron chi connectivity index (χ1n) is 11.4. The van der Waals surface area contributed by atoms with Crippen LogP contribution in [0.25, 0.3) is 0 Å². The molecule has 2 fully saturated rings. The number of ketones is 1. The number of carbonyl (C=O) groups is 1. The lowest BCUT2D eigenvalue weighted by atomic mass is 9.63. The van der Waals surface area contributed by atoms with Gasteiger partial charge in [-0.2, -0.15) is 0 Å². The van der Waals surface area contributed by atoms with Crippen LogP contribution in [0, 0.1) is 17.3 Å². The lowest BCUT2D eigenvalue weighted by molar-refractivity contribution is -0.129. The second-order valence-corrected chi connectivity index (χ2v) is 15.5. The van der Waals surface area contributed by atoms with Crippen LogP contribution in [0.4, 0.5) is 0 Å². The van der Waals surface area contributed by atoms with Crippen molar-refractivity contribution in [1.82, 2.24) is 0 Å². The number of hydrogen-bond donors (Lipinski definition) is 0. The van der Waals surface area contributed by atoms with E-state index in [-0.39, 0.29) is 11.0 Å². The topological polar surface area (TPSA) is 26.3 Å². The Morgan fingerprint density at radius 1 is 1.28 bits per heavy atom. The minimum Gasteiger partial charge on any atom is -0.409 e. The number of carbonyl (C=O) groups excluding carboxylic acids is 1. The van der Waals surface area contributed by atoms with E-state index < -0.39 is 8.32 Å². The molecule has 0 heterocycles. The molecule has 0 spiro atoms. The van der Waals surface area contributed by atoms with E-state index in [0.717, 1.165) is 25.7 Å². The Bertz CT molecular complexity index is 786. The lowest BCUT2D eigenvalue weighted by Crippen LogP contribution is -2.37. The van der Waals surface area contributed by atoms with Gasteiger partial charge in [0.1, 0.15) is 5.78 Å². The third-order valence-electron chi connectivity index (χ3n) is 7.26. The summed E-state index contributed by atoms with van der Waals surface area (Å²) in [5.74, 6) is 1.38. The van der Waals surface area contributed by atoms with Crippen molar-refractivity contribution < 1.29 is 9.22 Å². The second-order valence-electron chi connectivity index (χ2n) is 11.1. The van der Waals surface area contributed by atoms with Gasteiger partial charge in [-0.3, -0.25) is 4.79 Å². The fourth-order valence-corrected chi connectivity index (χ4v) is 7.65. The van der Waals surface area contributed by atoms with Crippen molar-refractivity contribution in [2.24, 2.45) is 17.3 Å². The Labute approximate surface area is 179 Å². The highest BCUT2D eigenvalue weighted by Crippen LogP contribution is 2.56. The fraction of sp³-hybridized carbons (Fsp3) is 0.654. The maximum Gasteiger partial charge on any atom is 0.184 e. The molecule has 3 rings (SSSR count). The van der Waals surface area contributed by atoms with E-state index in [9.17, 15) is 4.79 Å². The van der Waals surface area contributed by atoms with Crippen LogP contribution in [0.2, 0.25) is 19.6 Å². The first-order valence-corrected chi connectivity index (χ1v) is 14.8. The van der Waals surface area contributed by atoms with Gasteiger partial charge in [0, 0.05) is 12.3 Å². The van der Waals surface area contributed by atoms with E-state index in [0.29, 0.717) is 17.6 Å². The smallest absolute Gasteiger partial charge is 0.184 e. The van der Waals surface area contributed by atoms with Crippen LogP contribution in [0.5, 0.6) is 0 Å². The molecule has 1 aromatic carbocycles.